The zero-order valence-electron chi connectivity index (χ0n) is 19.2. The smallest absolute Gasteiger partial charge is 0.256 e. The quantitative estimate of drug-likeness (QED) is 0.443. The summed E-state index contributed by atoms with van der Waals surface area (Å²) in [4.78, 5) is 16.8. The number of nitrogens with one attached hydrogen (secondary N) is 1. The molecule has 1 fully saturated rings. The van der Waals surface area contributed by atoms with Crippen LogP contribution in [0.1, 0.15) is 64.2 Å². The Bertz CT molecular complexity index is 1040. The molecule has 0 spiro atoms. The first-order chi connectivity index (χ1) is 15.6. The number of carbonyl (C=O) groups is 1. The molecule has 1 N–H and O–H groups in total. The molecule has 168 valence electrons. The summed E-state index contributed by atoms with van der Waals surface area (Å²) in [7, 11) is 0. The van der Waals surface area contributed by atoms with Crippen molar-refractivity contribution in [2.75, 3.05) is 25.0 Å². The molecule has 1 amide bonds. The van der Waals surface area contributed by atoms with Gasteiger partial charge in [-0.2, -0.15) is 0 Å². The summed E-state index contributed by atoms with van der Waals surface area (Å²) >= 11 is 1.68. The summed E-state index contributed by atoms with van der Waals surface area (Å²) < 4.78 is 5.68. The van der Waals surface area contributed by atoms with Gasteiger partial charge in [-0.3, -0.25) is 9.69 Å². The van der Waals surface area contributed by atoms with Crippen molar-refractivity contribution in [1.82, 2.24) is 4.90 Å². The van der Waals surface area contributed by atoms with Crippen molar-refractivity contribution in [3.63, 3.8) is 0 Å². The molecule has 0 saturated carbocycles. The summed E-state index contributed by atoms with van der Waals surface area (Å²) in [5, 5.41) is 4.19. The standard InChI is InChI=1S/C27H32N2O2S/c1-4-31-23-15-13-21(14-16-23)25(29-17-9-6-10-18-29)24-19(2)20(3)32-27(24)28-26(30)22-11-7-5-8-12-22/h5,7-8,11-16,25H,4,6,9-10,17-18H2,1-3H3,(H,28,30)/t25-/m0/s1. The molecule has 4 rings (SSSR count). The number of hydrogen-bond acceptors (Lipinski definition) is 4. The van der Waals surface area contributed by atoms with Crippen LogP contribution in [0.25, 0.3) is 0 Å². The minimum atomic E-state index is -0.0582. The van der Waals surface area contributed by atoms with Crippen molar-refractivity contribution in [2.45, 2.75) is 46.1 Å². The number of aryl methyl sites for hydroxylation is 1. The second kappa shape index (κ2) is 10.3. The molecule has 0 unspecified atom stereocenters. The number of ether oxygens (including phenoxy) is 1. The second-order valence-electron chi connectivity index (χ2n) is 8.35. The molecule has 1 atom stereocenters. The maximum atomic E-state index is 13.0. The first-order valence-corrected chi connectivity index (χ1v) is 12.3. The average molecular weight is 449 g/mol. The highest BCUT2D eigenvalue weighted by Gasteiger charge is 2.30. The normalized spacial score (nSPS) is 15.3. The number of anilines is 1. The number of rotatable bonds is 7. The predicted molar refractivity (Wildman–Crippen MR) is 133 cm³/mol. The number of hydrogen-bond donors (Lipinski definition) is 1. The number of nitrogens with zero attached hydrogens (tertiary/aromatic N) is 1. The topological polar surface area (TPSA) is 41.6 Å². The lowest BCUT2D eigenvalue weighted by atomic mass is 9.93. The van der Waals surface area contributed by atoms with Gasteiger partial charge >= 0.3 is 0 Å². The van der Waals surface area contributed by atoms with E-state index in [0.717, 1.165) is 23.8 Å². The third-order valence-electron chi connectivity index (χ3n) is 6.23. The molecule has 2 aromatic carbocycles. The molecular weight excluding hydrogens is 416 g/mol. The van der Waals surface area contributed by atoms with Gasteiger partial charge in [0.05, 0.1) is 12.6 Å². The summed E-state index contributed by atoms with van der Waals surface area (Å²) in [6.07, 6.45) is 3.70. The molecular formula is C27H32N2O2S. The number of benzene rings is 2. The van der Waals surface area contributed by atoms with E-state index in [0.29, 0.717) is 12.2 Å². The van der Waals surface area contributed by atoms with Crippen LogP contribution in [0.5, 0.6) is 5.75 Å². The molecule has 1 aliphatic rings. The first kappa shape index (κ1) is 22.6. The molecule has 0 aliphatic carbocycles. The Morgan fingerprint density at radius 3 is 2.38 bits per heavy atom. The lowest BCUT2D eigenvalue weighted by Gasteiger charge is -2.36. The van der Waals surface area contributed by atoms with Crippen molar-refractivity contribution in [2.24, 2.45) is 0 Å². The molecule has 0 radical (unpaired) electrons. The van der Waals surface area contributed by atoms with Gasteiger partial charge in [-0.05, 0) is 82.1 Å². The fraction of sp³-hybridized carbons (Fsp3) is 0.370. The Kier molecular flexibility index (Phi) is 7.28. The van der Waals surface area contributed by atoms with E-state index in [1.54, 1.807) is 11.3 Å². The van der Waals surface area contributed by atoms with E-state index in [-0.39, 0.29) is 11.9 Å². The van der Waals surface area contributed by atoms with Crippen LogP contribution < -0.4 is 10.1 Å². The second-order valence-corrected chi connectivity index (χ2v) is 9.57. The van der Waals surface area contributed by atoms with E-state index in [2.05, 4.69) is 48.3 Å². The van der Waals surface area contributed by atoms with Gasteiger partial charge in [-0.15, -0.1) is 11.3 Å². The number of carbonyl (C=O) groups excluding carboxylic acids is 1. The van der Waals surface area contributed by atoms with Gasteiger partial charge in [0.2, 0.25) is 0 Å². The first-order valence-electron chi connectivity index (χ1n) is 11.5. The number of thiophene rings is 1. The van der Waals surface area contributed by atoms with E-state index < -0.39 is 0 Å². The van der Waals surface area contributed by atoms with Crippen LogP contribution >= 0.6 is 11.3 Å². The Labute approximate surface area is 195 Å². The average Bonchev–Trinajstić information content (AvgIpc) is 3.09. The zero-order chi connectivity index (χ0) is 22.5. The Morgan fingerprint density at radius 1 is 1.03 bits per heavy atom. The van der Waals surface area contributed by atoms with Crippen LogP contribution in [-0.4, -0.2) is 30.5 Å². The van der Waals surface area contributed by atoms with Crippen molar-refractivity contribution >= 4 is 22.2 Å². The lowest BCUT2D eigenvalue weighted by Crippen LogP contribution is -2.35. The van der Waals surface area contributed by atoms with Crippen molar-refractivity contribution in [3.05, 3.63) is 81.7 Å². The highest BCUT2D eigenvalue weighted by atomic mass is 32.1. The number of piperidine rings is 1. The van der Waals surface area contributed by atoms with Crippen LogP contribution in [0.3, 0.4) is 0 Å². The summed E-state index contributed by atoms with van der Waals surface area (Å²) in [5.41, 5.74) is 4.41. The fourth-order valence-corrected chi connectivity index (χ4v) is 5.57. The third kappa shape index (κ3) is 4.89. The minimum absolute atomic E-state index is 0.0582. The van der Waals surface area contributed by atoms with Gasteiger partial charge < -0.3 is 10.1 Å². The van der Waals surface area contributed by atoms with E-state index in [9.17, 15) is 4.79 Å². The monoisotopic (exact) mass is 448 g/mol. The Balaban J connectivity index is 1.74. The van der Waals surface area contributed by atoms with E-state index >= 15 is 0 Å². The molecule has 2 heterocycles. The maximum Gasteiger partial charge on any atom is 0.256 e. The molecule has 5 heteroatoms. The van der Waals surface area contributed by atoms with Crippen LogP contribution in [0.2, 0.25) is 0 Å². The lowest BCUT2D eigenvalue weighted by molar-refractivity contribution is 0.102. The SMILES string of the molecule is CCOc1ccc([C@@H](c2c(NC(=O)c3ccccc3)sc(C)c2C)N2CCCCC2)cc1. The highest BCUT2D eigenvalue weighted by Crippen LogP contribution is 2.43. The molecule has 1 aliphatic heterocycles. The Hall–Kier alpha value is -2.63. The molecule has 3 aromatic rings. The van der Waals surface area contributed by atoms with Crippen LogP contribution in [0.4, 0.5) is 5.00 Å². The summed E-state index contributed by atoms with van der Waals surface area (Å²) in [6.45, 7) is 9.13. The summed E-state index contributed by atoms with van der Waals surface area (Å²) in [5.74, 6) is 0.835. The van der Waals surface area contributed by atoms with Crippen molar-refractivity contribution in [3.8, 4) is 5.75 Å². The van der Waals surface area contributed by atoms with Crippen molar-refractivity contribution in [1.29, 1.82) is 0 Å². The van der Waals surface area contributed by atoms with Gasteiger partial charge in [0.25, 0.3) is 5.91 Å². The highest BCUT2D eigenvalue weighted by molar-refractivity contribution is 7.16. The largest absolute Gasteiger partial charge is 0.494 e. The summed E-state index contributed by atoms with van der Waals surface area (Å²) in [6, 6.07) is 18.0. The van der Waals surface area contributed by atoms with Gasteiger partial charge in [0.1, 0.15) is 10.8 Å². The van der Waals surface area contributed by atoms with E-state index in [1.165, 1.54) is 40.8 Å². The Morgan fingerprint density at radius 2 is 1.72 bits per heavy atom. The maximum absolute atomic E-state index is 13.0. The molecule has 1 saturated heterocycles. The van der Waals surface area contributed by atoms with Gasteiger partial charge in [0, 0.05) is 16.0 Å². The van der Waals surface area contributed by atoms with Crippen molar-refractivity contribution < 1.29 is 9.53 Å². The van der Waals surface area contributed by atoms with Crippen LogP contribution in [0, 0.1) is 13.8 Å². The van der Waals surface area contributed by atoms with Gasteiger partial charge in [0.15, 0.2) is 0 Å². The third-order valence-corrected chi connectivity index (χ3v) is 7.37. The van der Waals surface area contributed by atoms with Gasteiger partial charge in [-0.1, -0.05) is 36.8 Å². The predicted octanol–water partition coefficient (Wildman–Crippen LogP) is 6.59. The molecule has 32 heavy (non-hydrogen) atoms. The zero-order valence-corrected chi connectivity index (χ0v) is 20.0. The number of likely N-dealkylation sites (tertiary alicyclic amines) is 1. The molecule has 0 bridgehead atoms. The van der Waals surface area contributed by atoms with Gasteiger partial charge in [-0.25, -0.2) is 0 Å². The van der Waals surface area contributed by atoms with Crippen LogP contribution in [0.15, 0.2) is 54.6 Å². The molecule has 4 nitrogen and oxygen atoms in total. The molecule has 1 aromatic heterocycles. The van der Waals surface area contributed by atoms with Crippen LogP contribution in [-0.2, 0) is 0 Å². The number of amides is 1. The van der Waals surface area contributed by atoms with E-state index in [1.807, 2.05) is 37.3 Å². The van der Waals surface area contributed by atoms with E-state index in [4.69, 9.17) is 4.74 Å². The minimum Gasteiger partial charge on any atom is -0.494 e. The fourth-order valence-electron chi connectivity index (χ4n) is 4.48.